The molecule has 0 saturated carbocycles. The summed E-state index contributed by atoms with van der Waals surface area (Å²) in [5, 5.41) is 12.6. The molecule has 0 aromatic carbocycles. The number of aromatic nitrogens is 4. The zero-order valence-electron chi connectivity index (χ0n) is 8.66. The Morgan fingerprint density at radius 1 is 1.56 bits per heavy atom. The zero-order chi connectivity index (χ0) is 11.5. The van der Waals surface area contributed by atoms with Crippen molar-refractivity contribution >= 4 is 0 Å². The summed E-state index contributed by atoms with van der Waals surface area (Å²) in [5.74, 6) is 0. The first kappa shape index (κ1) is 10.1. The van der Waals surface area contributed by atoms with Crippen LogP contribution in [0, 0.1) is 11.3 Å². The van der Waals surface area contributed by atoms with E-state index in [0.717, 1.165) is 5.56 Å². The summed E-state index contributed by atoms with van der Waals surface area (Å²) in [6, 6.07) is 5.34. The van der Waals surface area contributed by atoms with Gasteiger partial charge in [0.2, 0.25) is 0 Å². The highest BCUT2D eigenvalue weighted by molar-refractivity contribution is 5.25. The monoisotopic (exact) mass is 215 g/mol. The summed E-state index contributed by atoms with van der Waals surface area (Å²) in [5.41, 5.74) is 0.976. The molecule has 0 spiro atoms. The molecule has 0 atom stereocenters. The maximum Gasteiger partial charge on any atom is 0.345 e. The predicted octanol–water partition coefficient (Wildman–Crippen LogP) is -0.103. The largest absolute Gasteiger partial charge is 0.345 e. The Bertz CT molecular complexity index is 604. The first-order valence-corrected chi connectivity index (χ1v) is 4.64. The molecule has 0 aliphatic heterocycles. The second-order valence-corrected chi connectivity index (χ2v) is 3.34. The van der Waals surface area contributed by atoms with Crippen molar-refractivity contribution in [2.75, 3.05) is 0 Å². The van der Waals surface area contributed by atoms with Gasteiger partial charge in [-0.25, -0.2) is 14.5 Å². The third kappa shape index (κ3) is 1.83. The highest BCUT2D eigenvalue weighted by Gasteiger charge is 2.03. The lowest BCUT2D eigenvalue weighted by Gasteiger charge is -1.99. The minimum atomic E-state index is -0.185. The van der Waals surface area contributed by atoms with Crippen LogP contribution < -0.4 is 5.69 Å². The van der Waals surface area contributed by atoms with Gasteiger partial charge in [-0.2, -0.15) is 10.4 Å². The summed E-state index contributed by atoms with van der Waals surface area (Å²) in [7, 11) is 1.64. The molecule has 0 aliphatic rings. The van der Waals surface area contributed by atoms with Gasteiger partial charge >= 0.3 is 5.69 Å². The van der Waals surface area contributed by atoms with E-state index in [2.05, 4.69) is 10.1 Å². The molecule has 0 radical (unpaired) electrons. The Labute approximate surface area is 91.4 Å². The molecule has 6 nitrogen and oxygen atoms in total. The number of nitrogens with zero attached hydrogens (tertiary/aromatic N) is 5. The number of pyridine rings is 1. The van der Waals surface area contributed by atoms with Gasteiger partial charge in [0.15, 0.2) is 0 Å². The lowest BCUT2D eigenvalue weighted by atomic mass is 10.2. The van der Waals surface area contributed by atoms with Crippen LogP contribution in [0.15, 0.2) is 29.5 Å². The van der Waals surface area contributed by atoms with Gasteiger partial charge < -0.3 is 0 Å². The highest BCUT2D eigenvalue weighted by Crippen LogP contribution is 2.01. The van der Waals surface area contributed by atoms with Crippen LogP contribution in [0.1, 0.15) is 11.3 Å². The van der Waals surface area contributed by atoms with Gasteiger partial charge in [-0.3, -0.25) is 4.57 Å². The maximum absolute atomic E-state index is 11.5. The van der Waals surface area contributed by atoms with Gasteiger partial charge in [0.1, 0.15) is 18.1 Å². The van der Waals surface area contributed by atoms with E-state index in [9.17, 15) is 4.79 Å². The van der Waals surface area contributed by atoms with Crippen molar-refractivity contribution in [2.45, 2.75) is 6.54 Å². The lowest BCUT2D eigenvalue weighted by Crippen LogP contribution is -2.23. The molecule has 0 fully saturated rings. The van der Waals surface area contributed by atoms with Crippen LogP contribution in [-0.2, 0) is 13.6 Å². The molecule has 0 saturated heterocycles. The van der Waals surface area contributed by atoms with Gasteiger partial charge in [-0.15, -0.1) is 0 Å². The fourth-order valence-corrected chi connectivity index (χ4v) is 1.34. The second kappa shape index (κ2) is 3.98. The Morgan fingerprint density at radius 3 is 3.00 bits per heavy atom. The van der Waals surface area contributed by atoms with Gasteiger partial charge in [0.05, 0.1) is 6.54 Å². The summed E-state index contributed by atoms with van der Waals surface area (Å²) in [6.45, 7) is 0.344. The average Bonchev–Trinajstić information content (AvgIpc) is 2.61. The van der Waals surface area contributed by atoms with Gasteiger partial charge in [-0.1, -0.05) is 0 Å². The summed E-state index contributed by atoms with van der Waals surface area (Å²) in [6.07, 6.45) is 3.00. The molecule has 0 amide bonds. The minimum Gasteiger partial charge on any atom is -0.285 e. The summed E-state index contributed by atoms with van der Waals surface area (Å²) < 4.78 is 2.73. The topological polar surface area (TPSA) is 76.5 Å². The van der Waals surface area contributed by atoms with Crippen molar-refractivity contribution in [1.29, 1.82) is 5.26 Å². The van der Waals surface area contributed by atoms with Crippen molar-refractivity contribution in [3.63, 3.8) is 0 Å². The van der Waals surface area contributed by atoms with E-state index in [-0.39, 0.29) is 5.69 Å². The number of aryl methyl sites for hydroxylation is 1. The molecule has 2 rings (SSSR count). The third-order valence-corrected chi connectivity index (χ3v) is 2.16. The van der Waals surface area contributed by atoms with E-state index >= 15 is 0 Å². The Hall–Kier alpha value is -2.42. The molecular formula is C10H9N5O. The van der Waals surface area contributed by atoms with E-state index in [1.165, 1.54) is 15.6 Å². The number of hydrogen-bond donors (Lipinski definition) is 0. The molecule has 0 unspecified atom stereocenters. The smallest absolute Gasteiger partial charge is 0.285 e. The Morgan fingerprint density at radius 2 is 2.38 bits per heavy atom. The Balaban J connectivity index is 2.31. The van der Waals surface area contributed by atoms with Crippen LogP contribution >= 0.6 is 0 Å². The van der Waals surface area contributed by atoms with Crippen LogP contribution in [-0.4, -0.2) is 19.3 Å². The molecule has 16 heavy (non-hydrogen) atoms. The quantitative estimate of drug-likeness (QED) is 0.700. The van der Waals surface area contributed by atoms with Crippen LogP contribution in [0.25, 0.3) is 0 Å². The van der Waals surface area contributed by atoms with Crippen molar-refractivity contribution in [2.24, 2.45) is 7.05 Å². The fraction of sp³-hybridized carbons (Fsp3) is 0.200. The van der Waals surface area contributed by atoms with Crippen LogP contribution in [0.3, 0.4) is 0 Å². The predicted molar refractivity (Wildman–Crippen MR) is 55.5 cm³/mol. The molecule has 2 aromatic rings. The van der Waals surface area contributed by atoms with Crippen molar-refractivity contribution < 1.29 is 0 Å². The van der Waals surface area contributed by atoms with E-state index in [4.69, 9.17) is 5.26 Å². The molecule has 0 N–H and O–H groups in total. The third-order valence-electron chi connectivity index (χ3n) is 2.16. The average molecular weight is 215 g/mol. The van der Waals surface area contributed by atoms with Crippen LogP contribution in [0.5, 0.6) is 0 Å². The number of hydrogen-bond acceptors (Lipinski definition) is 4. The molecular weight excluding hydrogens is 206 g/mol. The number of rotatable bonds is 2. The molecule has 6 heteroatoms. The van der Waals surface area contributed by atoms with Crippen molar-refractivity contribution in [3.8, 4) is 6.07 Å². The standard InChI is InChI=1S/C10H9N5O/c1-14-7-13-15(10(14)16)6-8-2-3-12-9(4-8)5-11/h2-4,7H,6H2,1H3. The summed E-state index contributed by atoms with van der Waals surface area (Å²) in [4.78, 5) is 15.4. The van der Waals surface area contributed by atoms with E-state index < -0.39 is 0 Å². The Kier molecular flexibility index (Phi) is 2.52. The van der Waals surface area contributed by atoms with Gasteiger partial charge in [-0.05, 0) is 17.7 Å². The van der Waals surface area contributed by atoms with Gasteiger partial charge in [0.25, 0.3) is 0 Å². The fourth-order valence-electron chi connectivity index (χ4n) is 1.34. The van der Waals surface area contributed by atoms with Crippen molar-refractivity contribution in [1.82, 2.24) is 19.3 Å². The van der Waals surface area contributed by atoms with E-state index in [1.54, 1.807) is 25.4 Å². The minimum absolute atomic E-state index is 0.185. The molecule has 2 heterocycles. The second-order valence-electron chi connectivity index (χ2n) is 3.34. The van der Waals surface area contributed by atoms with Gasteiger partial charge in [0, 0.05) is 13.2 Å². The summed E-state index contributed by atoms with van der Waals surface area (Å²) >= 11 is 0. The zero-order valence-corrected chi connectivity index (χ0v) is 8.66. The first-order valence-electron chi connectivity index (χ1n) is 4.64. The molecule has 0 aliphatic carbocycles. The molecule has 80 valence electrons. The van der Waals surface area contributed by atoms with E-state index in [1.807, 2.05) is 6.07 Å². The first-order chi connectivity index (χ1) is 7.70. The normalized spacial score (nSPS) is 10.0. The van der Waals surface area contributed by atoms with Crippen molar-refractivity contribution in [3.05, 3.63) is 46.4 Å². The van der Waals surface area contributed by atoms with Crippen LogP contribution in [0.4, 0.5) is 0 Å². The van der Waals surface area contributed by atoms with Crippen LogP contribution in [0.2, 0.25) is 0 Å². The maximum atomic E-state index is 11.5. The lowest BCUT2D eigenvalue weighted by molar-refractivity contribution is 0.646. The van der Waals surface area contributed by atoms with E-state index in [0.29, 0.717) is 12.2 Å². The number of nitriles is 1. The SMILES string of the molecule is Cn1cnn(Cc2ccnc(C#N)c2)c1=O. The highest BCUT2D eigenvalue weighted by atomic mass is 16.2. The molecule has 0 bridgehead atoms. The molecule has 2 aromatic heterocycles.